The molecule has 0 aromatic heterocycles. The van der Waals surface area contributed by atoms with Crippen LogP contribution in [0.4, 0.5) is 13.2 Å². The van der Waals surface area contributed by atoms with Crippen LogP contribution in [0.5, 0.6) is 0 Å². The minimum atomic E-state index is -4.67. The Hall–Kier alpha value is -0.330. The fourth-order valence-corrected chi connectivity index (χ4v) is 0.799. The molecule has 0 spiro atoms. The summed E-state index contributed by atoms with van der Waals surface area (Å²) in [5.41, 5.74) is 0. The molecule has 0 amide bonds. The minimum Gasteiger partial charge on any atom is -0.390 e. The highest BCUT2D eigenvalue weighted by atomic mass is 19.4. The lowest BCUT2D eigenvalue weighted by Gasteiger charge is -2.26. The van der Waals surface area contributed by atoms with Gasteiger partial charge in [-0.15, -0.1) is 0 Å². The summed E-state index contributed by atoms with van der Waals surface area (Å²) in [5, 5.41) is 8.38. The molecule has 0 bridgehead atoms. The van der Waals surface area contributed by atoms with Gasteiger partial charge in [0.05, 0.1) is 13.2 Å². The molecule has 0 saturated carbocycles. The van der Waals surface area contributed by atoms with Gasteiger partial charge in [0.25, 0.3) is 5.79 Å². The molecular formula is C5H7F3O3. The quantitative estimate of drug-likeness (QED) is 0.617. The van der Waals surface area contributed by atoms with E-state index in [2.05, 4.69) is 9.47 Å². The highest BCUT2D eigenvalue weighted by molar-refractivity contribution is 4.81. The van der Waals surface area contributed by atoms with E-state index in [0.717, 1.165) is 0 Å². The summed E-state index contributed by atoms with van der Waals surface area (Å²) >= 11 is 0. The number of hydrogen-bond acceptors (Lipinski definition) is 3. The topological polar surface area (TPSA) is 38.7 Å². The fraction of sp³-hybridized carbons (Fsp3) is 1.00. The molecule has 1 aliphatic heterocycles. The average molecular weight is 172 g/mol. The Morgan fingerprint density at radius 3 is 1.91 bits per heavy atom. The van der Waals surface area contributed by atoms with Crippen LogP contribution in [0.1, 0.15) is 0 Å². The number of rotatable bonds is 1. The number of alkyl halides is 3. The number of aliphatic hydroxyl groups is 1. The van der Waals surface area contributed by atoms with E-state index in [1.807, 2.05) is 0 Å². The van der Waals surface area contributed by atoms with Crippen molar-refractivity contribution in [3.8, 4) is 0 Å². The van der Waals surface area contributed by atoms with Crippen LogP contribution in [0.3, 0.4) is 0 Å². The summed E-state index contributed by atoms with van der Waals surface area (Å²) in [6.45, 7) is -1.48. The van der Waals surface area contributed by atoms with Crippen molar-refractivity contribution in [3.63, 3.8) is 0 Å². The number of aliphatic hydroxyl groups excluding tert-OH is 1. The summed E-state index contributed by atoms with van der Waals surface area (Å²) in [4.78, 5) is 0. The third-order valence-electron chi connectivity index (χ3n) is 1.39. The van der Waals surface area contributed by atoms with Crippen molar-refractivity contribution in [1.29, 1.82) is 0 Å². The number of hydrogen-bond donors (Lipinski definition) is 1. The van der Waals surface area contributed by atoms with Gasteiger partial charge >= 0.3 is 6.18 Å². The maximum absolute atomic E-state index is 12.0. The lowest BCUT2D eigenvalue weighted by atomic mass is 10.3. The van der Waals surface area contributed by atoms with Crippen molar-refractivity contribution < 1.29 is 27.8 Å². The molecule has 1 heterocycles. The van der Waals surface area contributed by atoms with E-state index in [-0.39, 0.29) is 13.2 Å². The number of ether oxygens (including phenoxy) is 2. The second kappa shape index (κ2) is 2.62. The molecule has 0 radical (unpaired) electrons. The van der Waals surface area contributed by atoms with E-state index in [1.165, 1.54) is 0 Å². The summed E-state index contributed by atoms with van der Waals surface area (Å²) in [6, 6.07) is 0. The van der Waals surface area contributed by atoms with Gasteiger partial charge in [-0.1, -0.05) is 0 Å². The van der Waals surface area contributed by atoms with Crippen LogP contribution >= 0.6 is 0 Å². The lowest BCUT2D eigenvalue weighted by molar-refractivity contribution is -0.353. The molecule has 0 aromatic rings. The zero-order valence-corrected chi connectivity index (χ0v) is 5.52. The van der Waals surface area contributed by atoms with Crippen molar-refractivity contribution in [2.24, 2.45) is 0 Å². The standard InChI is InChI=1S/C5H7F3O3/c6-5(7,8)4(3-9)10-1-2-11-4/h9H,1-3H2. The van der Waals surface area contributed by atoms with Crippen molar-refractivity contribution in [1.82, 2.24) is 0 Å². The van der Waals surface area contributed by atoms with Crippen LogP contribution in [0.15, 0.2) is 0 Å². The maximum Gasteiger partial charge on any atom is 0.445 e. The van der Waals surface area contributed by atoms with Gasteiger partial charge in [0, 0.05) is 0 Å². The van der Waals surface area contributed by atoms with Crippen molar-refractivity contribution in [3.05, 3.63) is 0 Å². The van der Waals surface area contributed by atoms with E-state index < -0.39 is 18.6 Å². The van der Waals surface area contributed by atoms with E-state index in [4.69, 9.17) is 5.11 Å². The summed E-state index contributed by atoms with van der Waals surface area (Å²) in [5.74, 6) is -2.77. The zero-order chi connectivity index (χ0) is 8.54. The molecule has 11 heavy (non-hydrogen) atoms. The van der Waals surface area contributed by atoms with E-state index in [9.17, 15) is 13.2 Å². The average Bonchev–Trinajstić information content (AvgIpc) is 2.33. The predicted molar refractivity (Wildman–Crippen MR) is 27.8 cm³/mol. The SMILES string of the molecule is OCC1(C(F)(F)F)OCCO1. The molecule has 3 nitrogen and oxygen atoms in total. The van der Waals surface area contributed by atoms with Gasteiger partial charge in [0.1, 0.15) is 6.61 Å². The molecule has 0 aromatic carbocycles. The molecule has 0 atom stereocenters. The second-order valence-corrected chi connectivity index (χ2v) is 2.11. The van der Waals surface area contributed by atoms with Gasteiger partial charge in [-0.2, -0.15) is 13.2 Å². The van der Waals surface area contributed by atoms with Gasteiger partial charge in [-0.25, -0.2) is 0 Å². The lowest BCUT2D eigenvalue weighted by Crippen LogP contribution is -2.49. The zero-order valence-electron chi connectivity index (χ0n) is 5.52. The minimum absolute atomic E-state index is 0.139. The van der Waals surface area contributed by atoms with Crippen LogP contribution in [-0.4, -0.2) is 36.9 Å². The second-order valence-electron chi connectivity index (χ2n) is 2.11. The van der Waals surface area contributed by atoms with Crippen molar-refractivity contribution >= 4 is 0 Å². The Labute approximate surface area is 60.7 Å². The smallest absolute Gasteiger partial charge is 0.390 e. The van der Waals surface area contributed by atoms with E-state index in [0.29, 0.717) is 0 Å². The van der Waals surface area contributed by atoms with Crippen LogP contribution < -0.4 is 0 Å². The molecule has 1 aliphatic rings. The summed E-state index contributed by atoms with van der Waals surface area (Å²) in [6.07, 6.45) is -4.67. The highest BCUT2D eigenvalue weighted by Gasteiger charge is 2.59. The monoisotopic (exact) mass is 172 g/mol. The molecule has 66 valence electrons. The molecular weight excluding hydrogens is 165 g/mol. The van der Waals surface area contributed by atoms with Crippen LogP contribution in [-0.2, 0) is 9.47 Å². The molecule has 0 aliphatic carbocycles. The third-order valence-corrected chi connectivity index (χ3v) is 1.39. The normalized spacial score (nSPS) is 24.0. The third kappa shape index (κ3) is 1.33. The van der Waals surface area contributed by atoms with Crippen molar-refractivity contribution in [2.45, 2.75) is 12.0 Å². The summed E-state index contributed by atoms with van der Waals surface area (Å²) in [7, 11) is 0. The molecule has 1 saturated heterocycles. The highest BCUT2D eigenvalue weighted by Crippen LogP contribution is 2.36. The van der Waals surface area contributed by atoms with Gasteiger partial charge in [0.15, 0.2) is 0 Å². The van der Waals surface area contributed by atoms with Gasteiger partial charge < -0.3 is 14.6 Å². The van der Waals surface area contributed by atoms with Gasteiger partial charge in [0.2, 0.25) is 0 Å². The first-order valence-electron chi connectivity index (χ1n) is 2.97. The molecule has 6 heteroatoms. The Bertz CT molecular complexity index is 138. The first kappa shape index (κ1) is 8.76. The summed E-state index contributed by atoms with van der Waals surface area (Å²) < 4.78 is 44.5. The van der Waals surface area contributed by atoms with E-state index >= 15 is 0 Å². The van der Waals surface area contributed by atoms with Crippen LogP contribution in [0.2, 0.25) is 0 Å². The maximum atomic E-state index is 12.0. The Morgan fingerprint density at radius 1 is 1.27 bits per heavy atom. The van der Waals surface area contributed by atoms with Crippen LogP contribution in [0.25, 0.3) is 0 Å². The molecule has 1 N–H and O–H groups in total. The first-order chi connectivity index (χ1) is 5.02. The largest absolute Gasteiger partial charge is 0.445 e. The molecule has 0 unspecified atom stereocenters. The van der Waals surface area contributed by atoms with Crippen LogP contribution in [0, 0.1) is 0 Å². The Balaban J connectivity index is 2.75. The van der Waals surface area contributed by atoms with Crippen molar-refractivity contribution in [2.75, 3.05) is 19.8 Å². The Morgan fingerprint density at radius 2 is 1.73 bits per heavy atom. The predicted octanol–water partition coefficient (Wildman–Crippen LogP) is 0.284. The molecule has 1 rings (SSSR count). The Kier molecular flexibility index (Phi) is 2.08. The van der Waals surface area contributed by atoms with E-state index in [1.54, 1.807) is 0 Å². The van der Waals surface area contributed by atoms with Gasteiger partial charge in [-0.3, -0.25) is 0 Å². The molecule has 1 fully saturated rings. The fourth-order valence-electron chi connectivity index (χ4n) is 0.799. The first-order valence-corrected chi connectivity index (χ1v) is 2.97. The number of halogens is 3. The van der Waals surface area contributed by atoms with Gasteiger partial charge in [-0.05, 0) is 0 Å².